The summed E-state index contributed by atoms with van der Waals surface area (Å²) in [5.41, 5.74) is 0.425. The van der Waals surface area contributed by atoms with E-state index < -0.39 is 11.6 Å². The number of hydrogen-bond donors (Lipinski definition) is 1. The molecule has 0 radical (unpaired) electrons. The lowest BCUT2D eigenvalue weighted by atomic mass is 9.97. The summed E-state index contributed by atoms with van der Waals surface area (Å²) in [4.78, 5) is 2.56. The lowest BCUT2D eigenvalue weighted by molar-refractivity contribution is 0.166. The molecule has 2 aliphatic heterocycles. The van der Waals surface area contributed by atoms with Gasteiger partial charge in [0.1, 0.15) is 0 Å². The Bertz CT molecular complexity index is 450. The van der Waals surface area contributed by atoms with Crippen molar-refractivity contribution in [2.75, 3.05) is 13.1 Å². The van der Waals surface area contributed by atoms with E-state index in [9.17, 15) is 8.78 Å². The first-order valence-electron chi connectivity index (χ1n) is 7.14. The van der Waals surface area contributed by atoms with Crippen LogP contribution < -0.4 is 5.32 Å². The summed E-state index contributed by atoms with van der Waals surface area (Å²) in [7, 11) is 0. The number of rotatable bonds is 3. The molecule has 2 saturated heterocycles. The predicted molar refractivity (Wildman–Crippen MR) is 70.8 cm³/mol. The normalized spacial score (nSPS) is 27.5. The van der Waals surface area contributed by atoms with Crippen LogP contribution in [0.1, 0.15) is 31.2 Å². The number of piperidine rings is 1. The first-order valence-corrected chi connectivity index (χ1v) is 7.14. The average molecular weight is 266 g/mol. The number of halogens is 2. The third kappa shape index (κ3) is 2.79. The third-order valence-electron chi connectivity index (χ3n) is 4.43. The summed E-state index contributed by atoms with van der Waals surface area (Å²) in [6, 6.07) is 5.51. The third-order valence-corrected chi connectivity index (χ3v) is 4.43. The summed E-state index contributed by atoms with van der Waals surface area (Å²) < 4.78 is 26.7. The molecule has 2 fully saturated rings. The van der Waals surface area contributed by atoms with Crippen LogP contribution >= 0.6 is 0 Å². The first kappa shape index (κ1) is 13.0. The Morgan fingerprint density at radius 3 is 3.00 bits per heavy atom. The number of benzene rings is 1. The summed E-state index contributed by atoms with van der Waals surface area (Å²) in [5.74, 6) is -1.47. The molecule has 1 N–H and O–H groups in total. The fraction of sp³-hybridized carbons (Fsp3) is 0.600. The van der Waals surface area contributed by atoms with E-state index in [0.29, 0.717) is 24.2 Å². The van der Waals surface area contributed by atoms with Crippen LogP contribution in [-0.4, -0.2) is 30.1 Å². The molecule has 104 valence electrons. The van der Waals surface area contributed by atoms with Crippen LogP contribution in [0.3, 0.4) is 0 Å². The molecular formula is C15H20F2N2. The van der Waals surface area contributed by atoms with Crippen molar-refractivity contribution < 1.29 is 8.78 Å². The van der Waals surface area contributed by atoms with Crippen molar-refractivity contribution in [3.05, 3.63) is 35.4 Å². The Hall–Kier alpha value is -1.00. The Morgan fingerprint density at radius 1 is 1.21 bits per heavy atom. The van der Waals surface area contributed by atoms with E-state index in [0.717, 1.165) is 25.5 Å². The monoisotopic (exact) mass is 266 g/mol. The van der Waals surface area contributed by atoms with Crippen molar-refractivity contribution >= 4 is 0 Å². The molecule has 0 amide bonds. The highest BCUT2D eigenvalue weighted by Crippen LogP contribution is 2.27. The maximum Gasteiger partial charge on any atom is 0.163 e. The SMILES string of the molecule is Fc1cccc(CNC2CCN3CCCC3C2)c1F. The van der Waals surface area contributed by atoms with Gasteiger partial charge in [0.25, 0.3) is 0 Å². The molecule has 2 unspecified atom stereocenters. The molecule has 2 heterocycles. The van der Waals surface area contributed by atoms with Crippen molar-refractivity contribution in [1.82, 2.24) is 10.2 Å². The van der Waals surface area contributed by atoms with Gasteiger partial charge in [0.05, 0.1) is 0 Å². The molecule has 0 aromatic heterocycles. The summed E-state index contributed by atoms with van der Waals surface area (Å²) in [6.45, 7) is 2.78. The first-order chi connectivity index (χ1) is 9.24. The maximum atomic E-state index is 13.5. The minimum atomic E-state index is -0.759. The van der Waals surface area contributed by atoms with Gasteiger partial charge in [-0.2, -0.15) is 0 Å². The highest BCUT2D eigenvalue weighted by Gasteiger charge is 2.31. The minimum Gasteiger partial charge on any atom is -0.310 e. The van der Waals surface area contributed by atoms with E-state index in [1.165, 1.54) is 19.4 Å². The van der Waals surface area contributed by atoms with Gasteiger partial charge < -0.3 is 10.2 Å². The van der Waals surface area contributed by atoms with Crippen LogP contribution in [0.2, 0.25) is 0 Å². The van der Waals surface area contributed by atoms with Crippen LogP contribution in [0.15, 0.2) is 18.2 Å². The van der Waals surface area contributed by atoms with E-state index in [4.69, 9.17) is 0 Å². The van der Waals surface area contributed by atoms with Gasteiger partial charge >= 0.3 is 0 Å². The lowest BCUT2D eigenvalue weighted by Crippen LogP contribution is -2.45. The second-order valence-corrected chi connectivity index (χ2v) is 5.65. The van der Waals surface area contributed by atoms with Crippen LogP contribution in [0.4, 0.5) is 8.78 Å². The molecular weight excluding hydrogens is 246 g/mol. The molecule has 19 heavy (non-hydrogen) atoms. The fourth-order valence-electron chi connectivity index (χ4n) is 3.35. The Balaban J connectivity index is 1.56. The van der Waals surface area contributed by atoms with E-state index in [1.54, 1.807) is 12.1 Å². The molecule has 4 heteroatoms. The van der Waals surface area contributed by atoms with Crippen LogP contribution in [0.5, 0.6) is 0 Å². The zero-order valence-electron chi connectivity index (χ0n) is 11.0. The Morgan fingerprint density at radius 2 is 2.11 bits per heavy atom. The second kappa shape index (κ2) is 5.55. The van der Waals surface area contributed by atoms with Gasteiger partial charge in [-0.15, -0.1) is 0 Å². The quantitative estimate of drug-likeness (QED) is 0.905. The van der Waals surface area contributed by atoms with Gasteiger partial charge in [-0.05, 0) is 44.8 Å². The van der Waals surface area contributed by atoms with Crippen molar-refractivity contribution in [1.29, 1.82) is 0 Å². The van der Waals surface area contributed by atoms with Gasteiger partial charge in [0.15, 0.2) is 11.6 Å². The molecule has 0 aliphatic carbocycles. The highest BCUT2D eigenvalue weighted by atomic mass is 19.2. The van der Waals surface area contributed by atoms with Gasteiger partial charge in [-0.25, -0.2) is 8.78 Å². The largest absolute Gasteiger partial charge is 0.310 e. The van der Waals surface area contributed by atoms with Gasteiger partial charge in [-0.1, -0.05) is 12.1 Å². The molecule has 1 aromatic carbocycles. The topological polar surface area (TPSA) is 15.3 Å². The molecule has 0 saturated carbocycles. The average Bonchev–Trinajstić information content (AvgIpc) is 2.88. The molecule has 3 rings (SSSR count). The predicted octanol–water partition coefficient (Wildman–Crippen LogP) is 2.68. The zero-order chi connectivity index (χ0) is 13.2. The van der Waals surface area contributed by atoms with Crippen molar-refractivity contribution in [3.8, 4) is 0 Å². The standard InChI is InChI=1S/C15H20F2N2/c16-14-5-1-3-11(15(14)17)10-18-12-6-8-19-7-2-4-13(19)9-12/h1,3,5,12-13,18H,2,4,6-10H2. The molecule has 1 aromatic rings. The minimum absolute atomic E-state index is 0.418. The van der Waals surface area contributed by atoms with Crippen molar-refractivity contribution in [3.63, 3.8) is 0 Å². The van der Waals surface area contributed by atoms with E-state index >= 15 is 0 Å². The van der Waals surface area contributed by atoms with Crippen LogP contribution in [-0.2, 0) is 6.54 Å². The number of nitrogens with zero attached hydrogens (tertiary/aromatic N) is 1. The zero-order valence-corrected chi connectivity index (χ0v) is 11.0. The highest BCUT2D eigenvalue weighted by molar-refractivity contribution is 5.18. The van der Waals surface area contributed by atoms with Crippen molar-refractivity contribution in [2.24, 2.45) is 0 Å². The van der Waals surface area contributed by atoms with Crippen molar-refractivity contribution in [2.45, 2.75) is 44.3 Å². The molecule has 2 aliphatic rings. The summed E-state index contributed by atoms with van der Waals surface area (Å²) >= 11 is 0. The maximum absolute atomic E-state index is 13.5. The number of nitrogens with one attached hydrogen (secondary N) is 1. The summed E-state index contributed by atoms with van der Waals surface area (Å²) in [5, 5.41) is 3.39. The molecule has 0 spiro atoms. The van der Waals surface area contributed by atoms with Gasteiger partial charge in [0, 0.05) is 24.2 Å². The van der Waals surface area contributed by atoms with E-state index in [1.807, 2.05) is 0 Å². The van der Waals surface area contributed by atoms with Gasteiger partial charge in [-0.3, -0.25) is 0 Å². The Labute approximate surface area is 112 Å². The van der Waals surface area contributed by atoms with Crippen LogP contribution in [0, 0.1) is 11.6 Å². The molecule has 2 nitrogen and oxygen atoms in total. The number of hydrogen-bond acceptors (Lipinski definition) is 2. The smallest absolute Gasteiger partial charge is 0.163 e. The Kier molecular flexibility index (Phi) is 3.80. The molecule has 0 bridgehead atoms. The van der Waals surface area contributed by atoms with Crippen LogP contribution in [0.25, 0.3) is 0 Å². The fourth-order valence-corrected chi connectivity index (χ4v) is 3.35. The molecule has 2 atom stereocenters. The van der Waals surface area contributed by atoms with E-state index in [2.05, 4.69) is 10.2 Å². The lowest BCUT2D eigenvalue weighted by Gasteiger charge is -2.35. The summed E-state index contributed by atoms with van der Waals surface area (Å²) in [6.07, 6.45) is 4.83. The number of fused-ring (bicyclic) bond motifs is 1. The van der Waals surface area contributed by atoms with Gasteiger partial charge in [0.2, 0.25) is 0 Å². The van der Waals surface area contributed by atoms with E-state index in [-0.39, 0.29) is 0 Å². The second-order valence-electron chi connectivity index (χ2n) is 5.65.